The molecule has 26 heavy (non-hydrogen) atoms. The first kappa shape index (κ1) is 25.2. The molecule has 1 unspecified atom stereocenters. The van der Waals surface area contributed by atoms with Crippen LogP contribution in [0.25, 0.3) is 0 Å². The maximum absolute atomic E-state index is 11.0. The van der Waals surface area contributed by atoms with Gasteiger partial charge in [-0.1, -0.05) is 116 Å². The van der Waals surface area contributed by atoms with E-state index in [0.29, 0.717) is 11.5 Å². The number of unbranched alkanes of at least 4 members (excludes halogenated alkanes) is 13. The van der Waals surface area contributed by atoms with Crippen molar-refractivity contribution >= 4 is 5.97 Å². The molecule has 0 radical (unpaired) electrons. The lowest BCUT2D eigenvalue weighted by molar-refractivity contribution is -0.132. The van der Waals surface area contributed by atoms with Gasteiger partial charge in [0.05, 0.1) is 0 Å². The lowest BCUT2D eigenvalue weighted by atomic mass is 9.94. The predicted octanol–water partition coefficient (Wildman–Crippen LogP) is 8.31. The highest BCUT2D eigenvalue weighted by Crippen LogP contribution is 2.20. The van der Waals surface area contributed by atoms with Gasteiger partial charge in [-0.15, -0.1) is 0 Å². The number of carboxylic acids is 1. The van der Waals surface area contributed by atoms with Crippen molar-refractivity contribution in [1.29, 1.82) is 0 Å². The van der Waals surface area contributed by atoms with Gasteiger partial charge in [-0.3, -0.25) is 0 Å². The molecule has 0 aliphatic carbocycles. The molecular formula is C24H46O2. The summed E-state index contributed by atoms with van der Waals surface area (Å²) in [6.07, 6.45) is 24.8. The fraction of sp³-hybridized carbons (Fsp3) is 0.875. The normalized spacial score (nSPS) is 13.1. The van der Waals surface area contributed by atoms with Gasteiger partial charge < -0.3 is 5.11 Å². The lowest BCUT2D eigenvalue weighted by Crippen LogP contribution is -2.02. The van der Waals surface area contributed by atoms with Crippen molar-refractivity contribution in [2.45, 2.75) is 130 Å². The van der Waals surface area contributed by atoms with Crippen LogP contribution in [-0.2, 0) is 4.79 Å². The van der Waals surface area contributed by atoms with E-state index in [9.17, 15) is 4.79 Å². The summed E-state index contributed by atoms with van der Waals surface area (Å²) in [5.74, 6) is -0.319. The van der Waals surface area contributed by atoms with Gasteiger partial charge in [-0.25, -0.2) is 4.79 Å². The molecule has 0 rings (SSSR count). The Morgan fingerprint density at radius 3 is 1.50 bits per heavy atom. The van der Waals surface area contributed by atoms with Crippen LogP contribution < -0.4 is 0 Å². The van der Waals surface area contributed by atoms with Crippen molar-refractivity contribution in [1.82, 2.24) is 0 Å². The second-order valence-electron chi connectivity index (χ2n) is 8.09. The molecule has 0 heterocycles. The minimum Gasteiger partial charge on any atom is -0.478 e. The molecule has 2 heteroatoms. The molecule has 0 aromatic rings. The van der Waals surface area contributed by atoms with Gasteiger partial charge in [0.2, 0.25) is 0 Å². The molecule has 0 spiro atoms. The monoisotopic (exact) mass is 366 g/mol. The maximum Gasteiger partial charge on any atom is 0.330 e. The predicted molar refractivity (Wildman–Crippen MR) is 115 cm³/mol. The summed E-state index contributed by atoms with van der Waals surface area (Å²) in [7, 11) is 0. The zero-order valence-corrected chi connectivity index (χ0v) is 18.0. The average molecular weight is 367 g/mol. The molecule has 0 aromatic carbocycles. The smallest absolute Gasteiger partial charge is 0.330 e. The summed E-state index contributed by atoms with van der Waals surface area (Å²) < 4.78 is 0. The third-order valence-corrected chi connectivity index (χ3v) is 5.41. The Morgan fingerprint density at radius 1 is 0.692 bits per heavy atom. The minimum atomic E-state index is -0.771. The average Bonchev–Trinajstić information content (AvgIpc) is 2.61. The Morgan fingerprint density at radius 2 is 1.12 bits per heavy atom. The minimum absolute atomic E-state index is 0.452. The quantitative estimate of drug-likeness (QED) is 0.184. The van der Waals surface area contributed by atoms with Gasteiger partial charge in [0.15, 0.2) is 0 Å². The summed E-state index contributed by atoms with van der Waals surface area (Å²) in [4.78, 5) is 11.0. The van der Waals surface area contributed by atoms with Crippen molar-refractivity contribution < 1.29 is 9.90 Å². The van der Waals surface area contributed by atoms with E-state index in [1.807, 2.05) is 6.08 Å². The van der Waals surface area contributed by atoms with Gasteiger partial charge in [0.25, 0.3) is 0 Å². The van der Waals surface area contributed by atoms with Crippen LogP contribution in [0, 0.1) is 5.92 Å². The number of allylic oxidation sites excluding steroid dienone is 1. The third kappa shape index (κ3) is 16.7. The molecule has 0 aliphatic rings. The highest BCUT2D eigenvalue weighted by Gasteiger charge is 2.08. The van der Waals surface area contributed by atoms with Crippen LogP contribution in [0.15, 0.2) is 11.6 Å². The fourth-order valence-corrected chi connectivity index (χ4v) is 3.71. The molecule has 0 saturated heterocycles. The van der Waals surface area contributed by atoms with Gasteiger partial charge >= 0.3 is 5.97 Å². The van der Waals surface area contributed by atoms with Crippen LogP contribution in [0.2, 0.25) is 0 Å². The Bertz CT molecular complexity index is 346. The van der Waals surface area contributed by atoms with Gasteiger partial charge in [-0.05, 0) is 25.7 Å². The second-order valence-corrected chi connectivity index (χ2v) is 8.09. The van der Waals surface area contributed by atoms with E-state index in [-0.39, 0.29) is 0 Å². The number of aliphatic carboxylic acids is 1. The van der Waals surface area contributed by atoms with Crippen molar-refractivity contribution in [2.75, 3.05) is 0 Å². The molecule has 2 nitrogen and oxygen atoms in total. The zero-order chi connectivity index (χ0) is 19.5. The van der Waals surface area contributed by atoms with Crippen molar-refractivity contribution in [2.24, 2.45) is 5.92 Å². The van der Waals surface area contributed by atoms with E-state index < -0.39 is 5.97 Å². The lowest BCUT2D eigenvalue weighted by Gasteiger charge is -2.12. The summed E-state index contributed by atoms with van der Waals surface area (Å²) in [6.45, 7) is 6.18. The number of hydrogen-bond acceptors (Lipinski definition) is 1. The Labute approximate surface area is 163 Å². The number of rotatable bonds is 19. The summed E-state index contributed by atoms with van der Waals surface area (Å²) in [6, 6.07) is 0. The number of carboxylic acid groups (broad SMARTS) is 1. The van der Waals surface area contributed by atoms with E-state index in [1.54, 1.807) is 6.92 Å². The van der Waals surface area contributed by atoms with Crippen molar-refractivity contribution in [3.63, 3.8) is 0 Å². The van der Waals surface area contributed by atoms with E-state index in [2.05, 4.69) is 13.8 Å². The van der Waals surface area contributed by atoms with Crippen molar-refractivity contribution in [3.05, 3.63) is 11.6 Å². The highest BCUT2D eigenvalue weighted by atomic mass is 16.4. The maximum atomic E-state index is 11.0. The first-order chi connectivity index (χ1) is 12.6. The Hall–Kier alpha value is -0.790. The van der Waals surface area contributed by atoms with Gasteiger partial charge in [-0.2, -0.15) is 0 Å². The van der Waals surface area contributed by atoms with E-state index >= 15 is 0 Å². The number of carbonyl (C=O) groups is 1. The van der Waals surface area contributed by atoms with E-state index in [4.69, 9.17) is 5.11 Å². The molecule has 0 aliphatic heterocycles. The van der Waals surface area contributed by atoms with Crippen LogP contribution >= 0.6 is 0 Å². The highest BCUT2D eigenvalue weighted by molar-refractivity contribution is 5.85. The van der Waals surface area contributed by atoms with Crippen LogP contribution in [0.5, 0.6) is 0 Å². The van der Waals surface area contributed by atoms with Crippen LogP contribution in [0.4, 0.5) is 0 Å². The molecule has 0 bridgehead atoms. The largest absolute Gasteiger partial charge is 0.478 e. The zero-order valence-electron chi connectivity index (χ0n) is 18.0. The molecule has 1 N–H and O–H groups in total. The van der Waals surface area contributed by atoms with Crippen molar-refractivity contribution in [3.8, 4) is 0 Å². The standard InChI is InChI=1S/C24H46O2/c1-4-6-7-8-9-10-11-12-13-14-15-16-17-18-20-23(19-5-2)21-22(3)24(25)26/h21,23H,4-20H2,1-3H3,(H,25,26). The number of hydrogen-bond donors (Lipinski definition) is 1. The van der Waals surface area contributed by atoms with E-state index in [1.165, 1.54) is 89.9 Å². The van der Waals surface area contributed by atoms with Crippen LogP contribution in [0.1, 0.15) is 130 Å². The molecule has 0 saturated carbocycles. The Kier molecular flexibility index (Phi) is 18.4. The van der Waals surface area contributed by atoms with E-state index in [0.717, 1.165) is 19.3 Å². The van der Waals surface area contributed by atoms with Crippen LogP contribution in [0.3, 0.4) is 0 Å². The van der Waals surface area contributed by atoms with Gasteiger partial charge in [0, 0.05) is 5.57 Å². The molecule has 0 amide bonds. The second kappa shape index (κ2) is 19.0. The molecule has 1 atom stereocenters. The first-order valence-corrected chi connectivity index (χ1v) is 11.5. The summed E-state index contributed by atoms with van der Waals surface area (Å²) >= 11 is 0. The van der Waals surface area contributed by atoms with Crippen LogP contribution in [-0.4, -0.2) is 11.1 Å². The molecule has 0 fully saturated rings. The SMILES string of the molecule is CCCCCCCCCCCCCCCCC(C=C(C)C(=O)O)CCC. The molecule has 154 valence electrons. The first-order valence-electron chi connectivity index (χ1n) is 11.5. The topological polar surface area (TPSA) is 37.3 Å². The van der Waals surface area contributed by atoms with Gasteiger partial charge in [0.1, 0.15) is 0 Å². The molecular weight excluding hydrogens is 320 g/mol. The fourth-order valence-electron chi connectivity index (χ4n) is 3.71. The Balaban J connectivity index is 3.48. The summed E-state index contributed by atoms with van der Waals surface area (Å²) in [5.41, 5.74) is 0.508. The molecule has 0 aromatic heterocycles. The summed E-state index contributed by atoms with van der Waals surface area (Å²) in [5, 5.41) is 9.03. The third-order valence-electron chi connectivity index (χ3n) is 5.41.